The van der Waals surface area contributed by atoms with Crippen LogP contribution in [0.15, 0.2) is 309 Å². The lowest BCUT2D eigenvalue weighted by molar-refractivity contribution is 0.473. The second kappa shape index (κ2) is 19.2. The van der Waals surface area contributed by atoms with E-state index in [-0.39, 0.29) is 0 Å². The normalized spacial score (nSPS) is 14.9. The van der Waals surface area contributed by atoms with E-state index in [1.807, 2.05) is 0 Å². The number of nitrogens with zero attached hydrogens (tertiary/aromatic N) is 3. The van der Waals surface area contributed by atoms with Crippen LogP contribution in [0, 0.1) is 0 Å². The highest BCUT2D eigenvalue weighted by molar-refractivity contribution is 6.08. The first-order valence-corrected chi connectivity index (χ1v) is 30.6. The largest absolute Gasteiger partial charge is 0.453 e. The molecule has 0 saturated heterocycles. The van der Waals surface area contributed by atoms with Crippen LogP contribution in [0.5, 0.6) is 11.5 Å². The Morgan fingerprint density at radius 1 is 0.307 bits per heavy atom. The van der Waals surface area contributed by atoms with E-state index in [0.717, 1.165) is 62.7 Å². The molecule has 0 fully saturated rings. The Morgan fingerprint density at radius 2 is 0.795 bits per heavy atom. The summed E-state index contributed by atoms with van der Waals surface area (Å²) in [4.78, 5) is 7.45. The molecule has 18 rings (SSSR count). The molecule has 414 valence electrons. The lowest BCUT2D eigenvalue weighted by atomic mass is 9.64. The van der Waals surface area contributed by atoms with Crippen molar-refractivity contribution in [3.8, 4) is 56.0 Å². The Bertz CT molecular complexity index is 5170. The molecule has 2 aliphatic heterocycles. The Kier molecular flexibility index (Phi) is 10.9. The molecule has 2 heterocycles. The maximum atomic E-state index is 7.09. The molecule has 1 unspecified atom stereocenters. The van der Waals surface area contributed by atoms with Crippen molar-refractivity contribution in [2.45, 2.75) is 24.7 Å². The number of hydrogen-bond donors (Lipinski definition) is 0. The minimum absolute atomic E-state index is 0.405. The van der Waals surface area contributed by atoms with E-state index in [4.69, 9.17) is 4.74 Å². The fourth-order valence-electron chi connectivity index (χ4n) is 15.5. The highest BCUT2D eigenvalue weighted by Gasteiger charge is 2.56. The van der Waals surface area contributed by atoms with Gasteiger partial charge in [-0.05, 0) is 203 Å². The molecule has 0 amide bonds. The number of benzene rings is 14. The van der Waals surface area contributed by atoms with Gasteiger partial charge in [0.15, 0.2) is 11.5 Å². The smallest absolute Gasteiger partial charge is 0.151 e. The number of rotatable bonds is 8. The molecular weight excluding hydrogens is 1070 g/mol. The first-order chi connectivity index (χ1) is 43.4. The monoisotopic (exact) mass is 1120 g/mol. The number of fused-ring (bicyclic) bond motifs is 17. The zero-order valence-electron chi connectivity index (χ0n) is 48.7. The van der Waals surface area contributed by atoms with Gasteiger partial charge < -0.3 is 19.4 Å². The number of anilines is 9. The van der Waals surface area contributed by atoms with Gasteiger partial charge in [-0.15, -0.1) is 0 Å². The molecule has 1 spiro atoms. The summed E-state index contributed by atoms with van der Waals surface area (Å²) in [5.74, 6) is 1.67. The number of para-hydroxylation sites is 6. The van der Waals surface area contributed by atoms with Crippen molar-refractivity contribution in [3.63, 3.8) is 0 Å². The van der Waals surface area contributed by atoms with Crippen LogP contribution in [0.4, 0.5) is 51.2 Å². The number of ether oxygens (including phenoxy) is 1. The average molecular weight is 1120 g/mol. The van der Waals surface area contributed by atoms with E-state index in [1.165, 1.54) is 99.4 Å². The van der Waals surface area contributed by atoms with Gasteiger partial charge in [0.2, 0.25) is 0 Å². The topological polar surface area (TPSA) is 19.0 Å². The first-order valence-electron chi connectivity index (χ1n) is 30.6. The molecule has 14 aromatic carbocycles. The average Bonchev–Trinajstić information content (AvgIpc) is 1.45. The molecule has 1 atom stereocenters. The summed E-state index contributed by atoms with van der Waals surface area (Å²) in [6, 6.07) is 115. The predicted octanol–water partition coefficient (Wildman–Crippen LogP) is 22.8. The quantitative estimate of drug-likeness (QED) is 0.151. The maximum Gasteiger partial charge on any atom is 0.151 e. The molecule has 0 aromatic heterocycles. The summed E-state index contributed by atoms with van der Waals surface area (Å²) in [6.45, 7) is 4.88. The summed E-state index contributed by atoms with van der Waals surface area (Å²) in [7, 11) is 0. The van der Waals surface area contributed by atoms with Crippen LogP contribution in [-0.4, -0.2) is 0 Å². The van der Waals surface area contributed by atoms with E-state index in [1.54, 1.807) is 0 Å². The van der Waals surface area contributed by atoms with Crippen molar-refractivity contribution < 1.29 is 4.74 Å². The van der Waals surface area contributed by atoms with E-state index < -0.39 is 10.8 Å². The zero-order chi connectivity index (χ0) is 58.2. The highest BCUT2D eigenvalue weighted by Crippen LogP contribution is 2.71. The Balaban J connectivity index is 0.919. The van der Waals surface area contributed by atoms with Gasteiger partial charge in [0.05, 0.1) is 28.2 Å². The van der Waals surface area contributed by atoms with Gasteiger partial charge in [0.1, 0.15) is 0 Å². The molecule has 4 aliphatic rings. The van der Waals surface area contributed by atoms with Gasteiger partial charge in [-0.2, -0.15) is 0 Å². The summed E-state index contributed by atoms with van der Waals surface area (Å²) in [5.41, 5.74) is 25.7. The third kappa shape index (κ3) is 7.27. The van der Waals surface area contributed by atoms with Gasteiger partial charge in [0, 0.05) is 33.9 Å². The molecule has 88 heavy (non-hydrogen) atoms. The van der Waals surface area contributed by atoms with Crippen LogP contribution in [-0.2, 0) is 10.8 Å². The lowest BCUT2D eigenvalue weighted by Crippen LogP contribution is -2.37. The Morgan fingerprint density at radius 3 is 1.47 bits per heavy atom. The summed E-state index contributed by atoms with van der Waals surface area (Å²) in [6.07, 6.45) is 0. The van der Waals surface area contributed by atoms with Gasteiger partial charge in [-0.3, -0.25) is 0 Å². The summed E-state index contributed by atoms with van der Waals surface area (Å²) >= 11 is 0. The lowest BCUT2D eigenvalue weighted by Gasteiger charge is -2.47. The van der Waals surface area contributed by atoms with E-state index in [2.05, 4.69) is 338 Å². The van der Waals surface area contributed by atoms with E-state index >= 15 is 0 Å². The molecule has 4 nitrogen and oxygen atoms in total. The third-order valence-electron chi connectivity index (χ3n) is 19.3. The number of hydrogen-bond acceptors (Lipinski definition) is 4. The van der Waals surface area contributed by atoms with Crippen LogP contribution in [0.25, 0.3) is 66.1 Å². The zero-order valence-corrected chi connectivity index (χ0v) is 48.7. The fourth-order valence-corrected chi connectivity index (χ4v) is 15.5. The van der Waals surface area contributed by atoms with Crippen molar-refractivity contribution in [2.75, 3.05) is 14.7 Å². The fraction of sp³-hybridized carbons (Fsp3) is 0.0476. The van der Waals surface area contributed by atoms with Crippen molar-refractivity contribution in [3.05, 3.63) is 343 Å². The summed E-state index contributed by atoms with van der Waals surface area (Å²) in [5, 5.41) is 4.94. The van der Waals surface area contributed by atoms with Crippen LogP contribution < -0.4 is 19.4 Å². The van der Waals surface area contributed by atoms with Gasteiger partial charge in [-0.1, -0.05) is 220 Å². The molecule has 0 radical (unpaired) electrons. The standard InChI is InChI=1S/C84H57N3O/c1-83(2)69-29-14-13-28-67(69)80-79-68-49-48-66(85(62-24-5-3-6-25-62)64-44-40-56(41-45-64)60-38-36-54-20-9-11-22-58(54)50-60)52-72(68)84(70-30-15-16-32-74(70)87-75-33-17-18-34-77(75)88-78-35-19-31-71(84)82(78)87)73(79)53-76(81(80)83)86(63-26-7-4-8-27-63)65-46-42-57(43-47-65)61-39-37-55-21-10-12-23-59(55)51-61/h3-53H,1-2H3. The Hall–Kier alpha value is -11.2. The van der Waals surface area contributed by atoms with Crippen molar-refractivity contribution >= 4 is 72.7 Å². The van der Waals surface area contributed by atoms with Crippen molar-refractivity contribution in [1.29, 1.82) is 0 Å². The maximum absolute atomic E-state index is 7.09. The van der Waals surface area contributed by atoms with Gasteiger partial charge in [-0.25, -0.2) is 0 Å². The minimum Gasteiger partial charge on any atom is -0.453 e. The van der Waals surface area contributed by atoms with Gasteiger partial charge >= 0.3 is 0 Å². The second-order valence-electron chi connectivity index (χ2n) is 24.4. The highest BCUT2D eigenvalue weighted by atomic mass is 16.5. The molecular formula is C84H57N3O. The van der Waals surface area contributed by atoms with Crippen LogP contribution >= 0.6 is 0 Å². The molecule has 14 aromatic rings. The first kappa shape index (κ1) is 50.2. The van der Waals surface area contributed by atoms with Crippen molar-refractivity contribution in [2.24, 2.45) is 0 Å². The van der Waals surface area contributed by atoms with Crippen molar-refractivity contribution in [1.82, 2.24) is 0 Å². The third-order valence-corrected chi connectivity index (χ3v) is 19.3. The molecule has 2 aliphatic carbocycles. The van der Waals surface area contributed by atoms with Crippen LogP contribution in [0.1, 0.15) is 47.2 Å². The Labute approximate surface area is 512 Å². The minimum atomic E-state index is -0.870. The molecule has 0 bridgehead atoms. The molecule has 0 N–H and O–H groups in total. The molecule has 4 heteroatoms. The second-order valence-corrected chi connectivity index (χ2v) is 24.4. The summed E-state index contributed by atoms with van der Waals surface area (Å²) < 4.78 is 7.09. The molecule has 0 saturated carbocycles. The van der Waals surface area contributed by atoms with E-state index in [0.29, 0.717) is 0 Å². The van der Waals surface area contributed by atoms with E-state index in [9.17, 15) is 0 Å². The van der Waals surface area contributed by atoms with Crippen LogP contribution in [0.2, 0.25) is 0 Å². The SMILES string of the molecule is CC1(C)c2ccccc2-c2c3c(cc(N(c4ccccc4)c4ccc(-c5ccc6ccccc6c5)cc4)c21)C1(c2cc(N(c4ccccc4)c4ccc(-c5ccc6ccccc6c5)cc4)ccc2-3)c2ccccc2N2c3ccccc3Oc3cccc1c32. The van der Waals surface area contributed by atoms with Gasteiger partial charge in [0.25, 0.3) is 0 Å². The predicted molar refractivity (Wildman–Crippen MR) is 365 cm³/mol. The van der Waals surface area contributed by atoms with Crippen LogP contribution in [0.3, 0.4) is 0 Å².